The molecule has 0 amide bonds. The molecular weight excluding hydrogens is 224 g/mol. The zero-order valence-corrected chi connectivity index (χ0v) is 11.7. The minimum absolute atomic E-state index is 0.0687. The predicted molar refractivity (Wildman–Crippen MR) is 74.9 cm³/mol. The van der Waals surface area contributed by atoms with E-state index in [1.165, 1.54) is 19.4 Å². The second kappa shape index (κ2) is 5.65. The number of nitrogens with one attached hydrogen (secondary N) is 2. The number of nitrogens with zero attached hydrogens (tertiary/aromatic N) is 2. The molecule has 0 spiro atoms. The van der Waals surface area contributed by atoms with E-state index in [9.17, 15) is 0 Å². The molecule has 0 saturated carbocycles. The molecule has 1 aromatic rings. The van der Waals surface area contributed by atoms with Crippen LogP contribution in [0.5, 0.6) is 0 Å². The van der Waals surface area contributed by atoms with Crippen molar-refractivity contribution < 1.29 is 0 Å². The molecule has 2 heterocycles. The van der Waals surface area contributed by atoms with Crippen molar-refractivity contribution in [2.24, 2.45) is 0 Å². The molecule has 100 valence electrons. The first-order valence-electron chi connectivity index (χ1n) is 6.87. The quantitative estimate of drug-likeness (QED) is 0.858. The van der Waals surface area contributed by atoms with Gasteiger partial charge in [-0.1, -0.05) is 20.8 Å². The summed E-state index contributed by atoms with van der Waals surface area (Å²) in [5.74, 6) is 0.876. The summed E-state index contributed by atoms with van der Waals surface area (Å²) in [5, 5.41) is 15.3. The van der Waals surface area contributed by atoms with Gasteiger partial charge in [-0.3, -0.25) is 0 Å². The topological polar surface area (TPSA) is 49.8 Å². The second-order valence-corrected chi connectivity index (χ2v) is 6.06. The van der Waals surface area contributed by atoms with Crippen molar-refractivity contribution in [3.05, 3.63) is 17.8 Å². The Labute approximate surface area is 110 Å². The molecular formula is C14H24N4. The summed E-state index contributed by atoms with van der Waals surface area (Å²) in [6, 6.07) is 4.76. The molecule has 1 aliphatic heterocycles. The Balaban J connectivity index is 1.79. The fourth-order valence-corrected chi connectivity index (χ4v) is 2.20. The Morgan fingerprint density at radius 1 is 1.33 bits per heavy atom. The van der Waals surface area contributed by atoms with Gasteiger partial charge in [0, 0.05) is 18.0 Å². The number of rotatable bonds is 4. The normalized spacial score (nSPS) is 20.1. The molecule has 1 fully saturated rings. The molecule has 1 aromatic heterocycles. The van der Waals surface area contributed by atoms with E-state index in [1.807, 2.05) is 6.07 Å². The Hall–Kier alpha value is -1.16. The first-order chi connectivity index (χ1) is 8.55. The van der Waals surface area contributed by atoms with Crippen LogP contribution in [-0.4, -0.2) is 29.3 Å². The average Bonchev–Trinajstić information content (AvgIpc) is 2.82. The maximum Gasteiger partial charge on any atom is 0.148 e. The molecule has 1 unspecified atom stereocenters. The minimum Gasteiger partial charge on any atom is -0.369 e. The third-order valence-corrected chi connectivity index (χ3v) is 3.39. The van der Waals surface area contributed by atoms with Crippen LogP contribution in [0.15, 0.2) is 12.1 Å². The minimum atomic E-state index is 0.0687. The van der Waals surface area contributed by atoms with Gasteiger partial charge in [-0.25, -0.2) is 0 Å². The lowest BCUT2D eigenvalue weighted by molar-refractivity contribution is 0.557. The van der Waals surface area contributed by atoms with Crippen molar-refractivity contribution in [3.63, 3.8) is 0 Å². The lowest BCUT2D eigenvalue weighted by Crippen LogP contribution is -2.24. The van der Waals surface area contributed by atoms with Crippen molar-refractivity contribution in [2.75, 3.05) is 18.4 Å². The van der Waals surface area contributed by atoms with Gasteiger partial charge in [0.05, 0.1) is 5.69 Å². The van der Waals surface area contributed by atoms with E-state index in [0.29, 0.717) is 6.04 Å². The van der Waals surface area contributed by atoms with E-state index in [4.69, 9.17) is 0 Å². The van der Waals surface area contributed by atoms with Gasteiger partial charge >= 0.3 is 0 Å². The summed E-state index contributed by atoms with van der Waals surface area (Å²) in [4.78, 5) is 0. The van der Waals surface area contributed by atoms with E-state index in [2.05, 4.69) is 47.7 Å². The van der Waals surface area contributed by atoms with Gasteiger partial charge in [-0.05, 0) is 37.9 Å². The standard InChI is InChI=1S/C14H24N4/c1-14(2,3)12-6-7-13(18-17-12)16-10-8-11-5-4-9-15-11/h6-7,11,15H,4-5,8-10H2,1-3H3,(H,16,18). The lowest BCUT2D eigenvalue weighted by atomic mass is 9.92. The van der Waals surface area contributed by atoms with Crippen LogP contribution in [0.1, 0.15) is 45.7 Å². The van der Waals surface area contributed by atoms with Gasteiger partial charge in [0.1, 0.15) is 5.82 Å². The first-order valence-corrected chi connectivity index (χ1v) is 6.87. The van der Waals surface area contributed by atoms with Crippen LogP contribution in [0.25, 0.3) is 0 Å². The monoisotopic (exact) mass is 248 g/mol. The summed E-state index contributed by atoms with van der Waals surface area (Å²) >= 11 is 0. The molecule has 18 heavy (non-hydrogen) atoms. The maximum absolute atomic E-state index is 4.27. The van der Waals surface area contributed by atoms with Gasteiger partial charge < -0.3 is 10.6 Å². The van der Waals surface area contributed by atoms with Crippen LogP contribution in [0.4, 0.5) is 5.82 Å². The third kappa shape index (κ3) is 3.67. The summed E-state index contributed by atoms with van der Waals surface area (Å²) in [5.41, 5.74) is 1.10. The van der Waals surface area contributed by atoms with E-state index >= 15 is 0 Å². The second-order valence-electron chi connectivity index (χ2n) is 6.06. The maximum atomic E-state index is 4.27. The fraction of sp³-hybridized carbons (Fsp3) is 0.714. The third-order valence-electron chi connectivity index (χ3n) is 3.39. The van der Waals surface area contributed by atoms with Gasteiger partial charge in [-0.15, -0.1) is 5.10 Å². The molecule has 2 N–H and O–H groups in total. The van der Waals surface area contributed by atoms with Crippen molar-refractivity contribution in [3.8, 4) is 0 Å². The Kier molecular flexibility index (Phi) is 4.17. The van der Waals surface area contributed by atoms with E-state index in [1.54, 1.807) is 0 Å². The highest BCUT2D eigenvalue weighted by Crippen LogP contribution is 2.19. The molecule has 1 saturated heterocycles. The fourth-order valence-electron chi connectivity index (χ4n) is 2.20. The number of hydrogen-bond donors (Lipinski definition) is 2. The van der Waals surface area contributed by atoms with Crippen LogP contribution in [0.2, 0.25) is 0 Å². The molecule has 0 bridgehead atoms. The molecule has 0 aliphatic carbocycles. The van der Waals surface area contributed by atoms with E-state index < -0.39 is 0 Å². The van der Waals surface area contributed by atoms with Gasteiger partial charge in [0.2, 0.25) is 0 Å². The zero-order valence-electron chi connectivity index (χ0n) is 11.7. The largest absolute Gasteiger partial charge is 0.369 e. The van der Waals surface area contributed by atoms with Gasteiger partial charge in [-0.2, -0.15) is 5.10 Å². The van der Waals surface area contributed by atoms with Crippen LogP contribution in [-0.2, 0) is 5.41 Å². The van der Waals surface area contributed by atoms with Crippen LogP contribution in [0, 0.1) is 0 Å². The summed E-state index contributed by atoms with van der Waals surface area (Å²) in [7, 11) is 0. The summed E-state index contributed by atoms with van der Waals surface area (Å²) in [6.07, 6.45) is 3.77. The Bertz CT molecular complexity index is 360. The molecule has 1 atom stereocenters. The molecule has 2 rings (SSSR count). The average molecular weight is 248 g/mol. The highest BCUT2D eigenvalue weighted by molar-refractivity contribution is 5.33. The first kappa shape index (κ1) is 13.3. The van der Waals surface area contributed by atoms with Crippen molar-refractivity contribution in [1.29, 1.82) is 0 Å². The van der Waals surface area contributed by atoms with Crippen molar-refractivity contribution in [2.45, 2.75) is 51.5 Å². The molecule has 4 heteroatoms. The van der Waals surface area contributed by atoms with E-state index in [-0.39, 0.29) is 5.41 Å². The van der Waals surface area contributed by atoms with Crippen LogP contribution in [0.3, 0.4) is 0 Å². The molecule has 1 aliphatic rings. The van der Waals surface area contributed by atoms with E-state index in [0.717, 1.165) is 24.5 Å². The van der Waals surface area contributed by atoms with Crippen molar-refractivity contribution in [1.82, 2.24) is 15.5 Å². The molecule has 0 radical (unpaired) electrons. The smallest absolute Gasteiger partial charge is 0.148 e. The summed E-state index contributed by atoms with van der Waals surface area (Å²) in [6.45, 7) is 8.58. The summed E-state index contributed by atoms with van der Waals surface area (Å²) < 4.78 is 0. The molecule has 4 nitrogen and oxygen atoms in total. The Morgan fingerprint density at radius 2 is 2.17 bits per heavy atom. The van der Waals surface area contributed by atoms with Crippen LogP contribution < -0.4 is 10.6 Å². The highest BCUT2D eigenvalue weighted by Gasteiger charge is 2.16. The van der Waals surface area contributed by atoms with Crippen molar-refractivity contribution >= 4 is 5.82 Å². The SMILES string of the molecule is CC(C)(C)c1ccc(NCCC2CCCN2)nn1. The number of aromatic nitrogens is 2. The predicted octanol–water partition coefficient (Wildman–Crippen LogP) is 2.33. The van der Waals surface area contributed by atoms with Gasteiger partial charge in [0.25, 0.3) is 0 Å². The number of anilines is 1. The number of hydrogen-bond acceptors (Lipinski definition) is 4. The lowest BCUT2D eigenvalue weighted by Gasteiger charge is -2.17. The van der Waals surface area contributed by atoms with Crippen LogP contribution >= 0.6 is 0 Å². The highest BCUT2D eigenvalue weighted by atomic mass is 15.2. The zero-order chi connectivity index (χ0) is 13.0. The molecule has 0 aromatic carbocycles. The van der Waals surface area contributed by atoms with Gasteiger partial charge in [0.15, 0.2) is 0 Å². The Morgan fingerprint density at radius 3 is 2.72 bits per heavy atom.